The number of aliphatic hydroxyl groups is 1. The summed E-state index contributed by atoms with van der Waals surface area (Å²) in [6.45, 7) is 1.17. The minimum atomic E-state index is -1.61. The number of hydrogen-bond donors (Lipinski definition) is 8. The monoisotopic (exact) mass is 493 g/mol. The molecular weight excluding hydrogens is 462 g/mol. The molecule has 33 heavy (non-hydrogen) atoms. The Balaban J connectivity index is 5.47. The summed E-state index contributed by atoms with van der Waals surface area (Å²) in [6.07, 6.45) is -1.07. The number of nitrogens with two attached hydrogens (primary N) is 2. The Morgan fingerprint density at radius 2 is 1.48 bits per heavy atom. The average Bonchev–Trinajstić information content (AvgIpc) is 2.70. The fourth-order valence-electron chi connectivity index (χ4n) is 2.54. The van der Waals surface area contributed by atoms with E-state index in [9.17, 15) is 39.0 Å². The molecule has 5 unspecified atom stereocenters. The van der Waals surface area contributed by atoms with Crippen LogP contribution in [0.4, 0.5) is 0 Å². The van der Waals surface area contributed by atoms with E-state index in [2.05, 4.69) is 16.0 Å². The van der Waals surface area contributed by atoms with Crippen LogP contribution in [-0.2, 0) is 28.8 Å². The molecule has 0 rings (SSSR count). The quantitative estimate of drug-likeness (QED) is 0.106. The molecule has 0 aromatic carbocycles. The fraction of sp³-hybridized carbons (Fsp3) is 0.667. The van der Waals surface area contributed by atoms with Crippen LogP contribution in [0.2, 0.25) is 0 Å². The molecule has 15 heteroatoms. The normalized spacial score (nSPS) is 15.3. The number of carbonyl (C=O) groups is 6. The molecule has 188 valence electrons. The zero-order chi connectivity index (χ0) is 25.7. The van der Waals surface area contributed by atoms with E-state index in [1.807, 2.05) is 0 Å². The smallest absolute Gasteiger partial charge is 0.326 e. The Bertz CT molecular complexity index is 734. The van der Waals surface area contributed by atoms with Crippen molar-refractivity contribution < 1.29 is 44.1 Å². The third-order valence-electron chi connectivity index (χ3n) is 4.33. The van der Waals surface area contributed by atoms with Crippen LogP contribution in [0.3, 0.4) is 0 Å². The molecule has 0 spiro atoms. The molecule has 4 amide bonds. The first-order valence-electron chi connectivity index (χ1n) is 9.86. The summed E-state index contributed by atoms with van der Waals surface area (Å²) in [4.78, 5) is 70.6. The maximum Gasteiger partial charge on any atom is 0.326 e. The molecule has 0 fully saturated rings. The number of aliphatic hydroxyl groups excluding tert-OH is 1. The number of rotatable bonds is 16. The second kappa shape index (κ2) is 15.0. The molecule has 0 saturated heterocycles. The Morgan fingerprint density at radius 1 is 0.909 bits per heavy atom. The molecule has 10 N–H and O–H groups in total. The molecule has 5 atom stereocenters. The van der Waals surface area contributed by atoms with E-state index < -0.39 is 78.7 Å². The van der Waals surface area contributed by atoms with Gasteiger partial charge in [-0.05, 0) is 31.8 Å². The summed E-state index contributed by atoms with van der Waals surface area (Å²) >= 11 is 1.36. The first-order valence-corrected chi connectivity index (χ1v) is 11.3. The predicted molar refractivity (Wildman–Crippen MR) is 117 cm³/mol. The lowest BCUT2D eigenvalue weighted by atomic mass is 10.1. The number of carboxylic acids is 2. The van der Waals surface area contributed by atoms with Crippen molar-refractivity contribution >= 4 is 47.3 Å². The number of carboxylic acid groups (broad SMARTS) is 2. The first kappa shape index (κ1) is 30.1. The van der Waals surface area contributed by atoms with Gasteiger partial charge in [0.15, 0.2) is 0 Å². The molecule has 0 aliphatic rings. The van der Waals surface area contributed by atoms with Crippen molar-refractivity contribution in [3.05, 3.63) is 0 Å². The molecule has 0 saturated carbocycles. The van der Waals surface area contributed by atoms with E-state index >= 15 is 0 Å². The minimum absolute atomic E-state index is 0.0892. The third kappa shape index (κ3) is 12.1. The van der Waals surface area contributed by atoms with Gasteiger partial charge in [-0.2, -0.15) is 11.8 Å². The maximum absolute atomic E-state index is 12.7. The van der Waals surface area contributed by atoms with Gasteiger partial charge in [0.05, 0.1) is 18.6 Å². The van der Waals surface area contributed by atoms with E-state index in [4.69, 9.17) is 16.6 Å². The summed E-state index contributed by atoms with van der Waals surface area (Å²) in [6, 6.07) is -5.74. The van der Waals surface area contributed by atoms with E-state index in [0.717, 1.165) is 0 Å². The zero-order valence-electron chi connectivity index (χ0n) is 18.3. The number of carbonyl (C=O) groups excluding carboxylic acids is 4. The van der Waals surface area contributed by atoms with Crippen LogP contribution in [0, 0.1) is 0 Å². The minimum Gasteiger partial charge on any atom is -0.481 e. The highest BCUT2D eigenvalue weighted by molar-refractivity contribution is 7.98. The van der Waals surface area contributed by atoms with Crippen molar-refractivity contribution in [2.75, 3.05) is 12.0 Å². The summed E-state index contributed by atoms with van der Waals surface area (Å²) in [7, 11) is 0. The van der Waals surface area contributed by atoms with Crippen LogP contribution < -0.4 is 27.4 Å². The van der Waals surface area contributed by atoms with E-state index in [1.165, 1.54) is 18.7 Å². The lowest BCUT2D eigenvalue weighted by molar-refractivity contribution is -0.143. The standard InChI is InChI=1S/C18H31N5O9S/c1-8(24)14(23-15(28)9(19)7-12(20)25)17(30)21-10(3-4-13(26)27)16(29)22-11(18(31)32)5-6-33-2/h8-11,14,24H,3-7,19H2,1-2H3,(H2,20,25)(H,21,30)(H,22,29)(H,23,28)(H,26,27)(H,31,32). The lowest BCUT2D eigenvalue weighted by Gasteiger charge is -2.26. The van der Waals surface area contributed by atoms with Crippen LogP contribution in [0.5, 0.6) is 0 Å². The number of amides is 4. The third-order valence-corrected chi connectivity index (χ3v) is 4.97. The van der Waals surface area contributed by atoms with Crippen LogP contribution in [-0.4, -0.2) is 93.2 Å². The Hall–Kier alpha value is -2.91. The van der Waals surface area contributed by atoms with Gasteiger partial charge in [0.2, 0.25) is 23.6 Å². The van der Waals surface area contributed by atoms with Crippen LogP contribution >= 0.6 is 11.8 Å². The molecule has 0 bridgehead atoms. The van der Waals surface area contributed by atoms with Gasteiger partial charge in [-0.15, -0.1) is 0 Å². The van der Waals surface area contributed by atoms with Gasteiger partial charge in [0.1, 0.15) is 18.1 Å². The van der Waals surface area contributed by atoms with Gasteiger partial charge in [-0.3, -0.25) is 24.0 Å². The van der Waals surface area contributed by atoms with Crippen molar-refractivity contribution in [1.29, 1.82) is 0 Å². The first-order chi connectivity index (χ1) is 15.3. The molecule has 0 aliphatic heterocycles. The molecule has 0 aliphatic carbocycles. The zero-order valence-corrected chi connectivity index (χ0v) is 19.1. The van der Waals surface area contributed by atoms with Gasteiger partial charge < -0.3 is 42.7 Å². The van der Waals surface area contributed by atoms with Crippen molar-refractivity contribution in [3.63, 3.8) is 0 Å². The fourth-order valence-corrected chi connectivity index (χ4v) is 3.01. The van der Waals surface area contributed by atoms with Gasteiger partial charge >= 0.3 is 11.9 Å². The molecule has 0 radical (unpaired) electrons. The van der Waals surface area contributed by atoms with E-state index in [-0.39, 0.29) is 12.8 Å². The van der Waals surface area contributed by atoms with Crippen LogP contribution in [0.1, 0.15) is 32.6 Å². The summed E-state index contributed by atoms with van der Waals surface area (Å²) < 4.78 is 0. The highest BCUT2D eigenvalue weighted by Gasteiger charge is 2.32. The van der Waals surface area contributed by atoms with Crippen LogP contribution in [0.25, 0.3) is 0 Å². The summed E-state index contributed by atoms with van der Waals surface area (Å²) in [5, 5.41) is 34.7. The highest BCUT2D eigenvalue weighted by atomic mass is 32.2. The molecule has 0 aromatic heterocycles. The Kier molecular flexibility index (Phi) is 13.7. The van der Waals surface area contributed by atoms with Crippen molar-refractivity contribution in [1.82, 2.24) is 16.0 Å². The largest absolute Gasteiger partial charge is 0.481 e. The topological polar surface area (TPSA) is 251 Å². The van der Waals surface area contributed by atoms with Crippen molar-refractivity contribution in [2.45, 2.75) is 62.9 Å². The second-order valence-corrected chi connectivity index (χ2v) is 8.16. The molecule has 14 nitrogen and oxygen atoms in total. The van der Waals surface area contributed by atoms with E-state index in [0.29, 0.717) is 5.75 Å². The van der Waals surface area contributed by atoms with Gasteiger partial charge in [-0.25, -0.2) is 4.79 Å². The number of aliphatic carboxylic acids is 2. The second-order valence-electron chi connectivity index (χ2n) is 7.18. The summed E-state index contributed by atoms with van der Waals surface area (Å²) in [5.74, 6) is -5.98. The van der Waals surface area contributed by atoms with Crippen molar-refractivity contribution in [2.24, 2.45) is 11.5 Å². The molecular formula is C18H31N5O9S. The Morgan fingerprint density at radius 3 is 1.94 bits per heavy atom. The maximum atomic E-state index is 12.7. The highest BCUT2D eigenvalue weighted by Crippen LogP contribution is 2.05. The average molecular weight is 494 g/mol. The molecule has 0 aromatic rings. The van der Waals surface area contributed by atoms with Gasteiger partial charge in [-0.1, -0.05) is 0 Å². The SMILES string of the molecule is CSCCC(NC(=O)C(CCC(=O)O)NC(=O)C(NC(=O)C(N)CC(N)=O)C(C)O)C(=O)O. The number of primary amides is 1. The van der Waals surface area contributed by atoms with Crippen LogP contribution in [0.15, 0.2) is 0 Å². The number of nitrogens with one attached hydrogen (secondary N) is 3. The lowest BCUT2D eigenvalue weighted by Crippen LogP contribution is -2.60. The predicted octanol–water partition coefficient (Wildman–Crippen LogP) is -3.27. The van der Waals surface area contributed by atoms with E-state index in [1.54, 1.807) is 6.26 Å². The van der Waals surface area contributed by atoms with Crippen molar-refractivity contribution in [3.8, 4) is 0 Å². The summed E-state index contributed by atoms with van der Waals surface area (Å²) in [5.41, 5.74) is 10.5. The Labute approximate surface area is 194 Å². The van der Waals surface area contributed by atoms with Gasteiger partial charge in [0.25, 0.3) is 0 Å². The number of thioether (sulfide) groups is 1. The van der Waals surface area contributed by atoms with Gasteiger partial charge in [0, 0.05) is 6.42 Å². The number of hydrogen-bond acceptors (Lipinski definition) is 9. The molecule has 0 heterocycles.